The Morgan fingerprint density at radius 2 is 2.22 bits per heavy atom. The maximum Gasteiger partial charge on any atom is 0.239 e. The van der Waals surface area contributed by atoms with Gasteiger partial charge >= 0.3 is 0 Å². The van der Waals surface area contributed by atoms with Crippen molar-refractivity contribution in [2.45, 2.75) is 26.3 Å². The van der Waals surface area contributed by atoms with Crippen LogP contribution in [0.25, 0.3) is 0 Å². The molecule has 1 amide bonds. The summed E-state index contributed by atoms with van der Waals surface area (Å²) in [6.45, 7) is 4.07. The summed E-state index contributed by atoms with van der Waals surface area (Å²) in [5, 5.41) is 0. The summed E-state index contributed by atoms with van der Waals surface area (Å²) >= 11 is 0. The Morgan fingerprint density at radius 1 is 1.56 bits per heavy atom. The molecular formula is C13H17FN2O2. The van der Waals surface area contributed by atoms with Crippen LogP contribution in [0.3, 0.4) is 0 Å². The normalized spacial score (nSPS) is 11.9. The van der Waals surface area contributed by atoms with Crippen molar-refractivity contribution in [3.8, 4) is 0 Å². The highest BCUT2D eigenvalue weighted by molar-refractivity contribution is 5.83. The van der Waals surface area contributed by atoms with Crippen molar-refractivity contribution in [3.05, 3.63) is 29.6 Å². The Labute approximate surface area is 106 Å². The van der Waals surface area contributed by atoms with E-state index in [-0.39, 0.29) is 11.3 Å². The number of anilines is 1. The van der Waals surface area contributed by atoms with Crippen LogP contribution in [-0.2, 0) is 4.79 Å². The van der Waals surface area contributed by atoms with Crippen molar-refractivity contribution in [1.29, 1.82) is 0 Å². The lowest BCUT2D eigenvalue weighted by atomic mass is 10.1. The summed E-state index contributed by atoms with van der Waals surface area (Å²) in [6, 6.07) is 3.57. The minimum absolute atomic E-state index is 0.263. The fraction of sp³-hybridized carbons (Fsp3) is 0.385. The van der Waals surface area contributed by atoms with Crippen LogP contribution in [0.15, 0.2) is 18.2 Å². The van der Waals surface area contributed by atoms with Gasteiger partial charge in [-0.05, 0) is 31.5 Å². The van der Waals surface area contributed by atoms with Crippen LogP contribution in [0.1, 0.15) is 30.6 Å². The fourth-order valence-corrected chi connectivity index (χ4v) is 1.75. The van der Waals surface area contributed by atoms with E-state index in [1.54, 1.807) is 11.8 Å². The van der Waals surface area contributed by atoms with Crippen LogP contribution in [0.4, 0.5) is 10.1 Å². The van der Waals surface area contributed by atoms with Gasteiger partial charge in [0.05, 0.1) is 5.69 Å². The molecule has 98 valence electrons. The molecule has 0 radical (unpaired) electrons. The van der Waals surface area contributed by atoms with Gasteiger partial charge in [0, 0.05) is 12.1 Å². The standard InChI is InChI=1S/C13H17FN2O2/c1-3-6-16(9(2)13(15)18)12-5-4-10(8-17)7-11(12)14/h4-5,7-9H,3,6H2,1-2H3,(H2,15,18). The van der Waals surface area contributed by atoms with E-state index in [0.717, 1.165) is 12.5 Å². The highest BCUT2D eigenvalue weighted by atomic mass is 19.1. The van der Waals surface area contributed by atoms with Crippen LogP contribution in [0.5, 0.6) is 0 Å². The van der Waals surface area contributed by atoms with Crippen LogP contribution in [0, 0.1) is 5.82 Å². The van der Waals surface area contributed by atoms with E-state index in [0.29, 0.717) is 12.8 Å². The number of nitrogens with zero attached hydrogens (tertiary/aromatic N) is 1. The highest BCUT2D eigenvalue weighted by Gasteiger charge is 2.21. The molecule has 1 unspecified atom stereocenters. The molecule has 5 heteroatoms. The Morgan fingerprint density at radius 3 is 2.67 bits per heavy atom. The number of hydrogen-bond acceptors (Lipinski definition) is 3. The van der Waals surface area contributed by atoms with Crippen molar-refractivity contribution in [2.24, 2.45) is 5.73 Å². The molecule has 0 saturated carbocycles. The van der Waals surface area contributed by atoms with Crippen LogP contribution in [-0.4, -0.2) is 24.8 Å². The van der Waals surface area contributed by atoms with E-state index in [1.807, 2.05) is 6.92 Å². The van der Waals surface area contributed by atoms with Gasteiger partial charge in [-0.25, -0.2) is 4.39 Å². The molecule has 0 aliphatic rings. The lowest BCUT2D eigenvalue weighted by Gasteiger charge is -2.29. The number of nitrogens with two attached hydrogens (primary N) is 1. The van der Waals surface area contributed by atoms with Crippen molar-refractivity contribution in [3.63, 3.8) is 0 Å². The number of primary amides is 1. The molecule has 2 N–H and O–H groups in total. The molecule has 1 aromatic rings. The number of amides is 1. The third kappa shape index (κ3) is 3.06. The second-order valence-corrected chi connectivity index (χ2v) is 4.10. The Kier molecular flexibility index (Phi) is 4.83. The Bertz CT molecular complexity index is 449. The zero-order valence-corrected chi connectivity index (χ0v) is 10.5. The van der Waals surface area contributed by atoms with Gasteiger partial charge in [0.2, 0.25) is 5.91 Å². The zero-order valence-electron chi connectivity index (χ0n) is 10.5. The van der Waals surface area contributed by atoms with Crippen molar-refractivity contribution < 1.29 is 14.0 Å². The van der Waals surface area contributed by atoms with Gasteiger partial charge in [0.1, 0.15) is 18.1 Å². The molecular weight excluding hydrogens is 235 g/mol. The Hall–Kier alpha value is -1.91. The van der Waals surface area contributed by atoms with E-state index >= 15 is 0 Å². The number of rotatable bonds is 6. The summed E-state index contributed by atoms with van der Waals surface area (Å²) in [5.41, 5.74) is 5.80. The minimum atomic E-state index is -0.596. The summed E-state index contributed by atoms with van der Waals surface area (Å²) < 4.78 is 13.9. The molecule has 0 aliphatic heterocycles. The van der Waals surface area contributed by atoms with Crippen molar-refractivity contribution >= 4 is 17.9 Å². The van der Waals surface area contributed by atoms with E-state index < -0.39 is 17.8 Å². The minimum Gasteiger partial charge on any atom is -0.368 e. The lowest BCUT2D eigenvalue weighted by molar-refractivity contribution is -0.118. The number of hydrogen-bond donors (Lipinski definition) is 1. The molecule has 0 bridgehead atoms. The predicted molar refractivity (Wildman–Crippen MR) is 68.1 cm³/mol. The van der Waals surface area contributed by atoms with Gasteiger partial charge in [-0.2, -0.15) is 0 Å². The molecule has 0 spiro atoms. The number of aldehydes is 1. The SMILES string of the molecule is CCCN(c1ccc(C=O)cc1F)C(C)C(N)=O. The van der Waals surface area contributed by atoms with Gasteiger partial charge in [-0.1, -0.05) is 6.92 Å². The number of carbonyl (C=O) groups is 2. The summed E-state index contributed by atoms with van der Waals surface area (Å²) in [4.78, 5) is 23.4. The number of halogens is 1. The number of carbonyl (C=O) groups excluding carboxylic acids is 2. The van der Waals surface area contributed by atoms with Crippen LogP contribution >= 0.6 is 0 Å². The third-order valence-electron chi connectivity index (χ3n) is 2.76. The maximum atomic E-state index is 13.9. The molecule has 0 fully saturated rings. The first kappa shape index (κ1) is 14.2. The second-order valence-electron chi connectivity index (χ2n) is 4.10. The first-order valence-electron chi connectivity index (χ1n) is 5.82. The fourth-order valence-electron chi connectivity index (χ4n) is 1.75. The predicted octanol–water partition coefficient (Wildman–Crippen LogP) is 1.73. The average Bonchev–Trinajstić information content (AvgIpc) is 2.35. The Balaban J connectivity index is 3.13. The van der Waals surface area contributed by atoms with Gasteiger partial charge < -0.3 is 10.6 Å². The zero-order chi connectivity index (χ0) is 13.7. The van der Waals surface area contributed by atoms with E-state index in [4.69, 9.17) is 5.73 Å². The monoisotopic (exact) mass is 252 g/mol. The maximum absolute atomic E-state index is 13.9. The molecule has 4 nitrogen and oxygen atoms in total. The first-order chi connectivity index (χ1) is 8.51. The third-order valence-corrected chi connectivity index (χ3v) is 2.76. The topological polar surface area (TPSA) is 63.4 Å². The largest absolute Gasteiger partial charge is 0.368 e. The summed E-state index contributed by atoms with van der Waals surface area (Å²) in [7, 11) is 0. The van der Waals surface area contributed by atoms with Gasteiger partial charge in [-0.3, -0.25) is 9.59 Å². The van der Waals surface area contributed by atoms with E-state index in [9.17, 15) is 14.0 Å². The first-order valence-corrected chi connectivity index (χ1v) is 5.82. The van der Waals surface area contributed by atoms with Gasteiger partial charge in [0.15, 0.2) is 0 Å². The van der Waals surface area contributed by atoms with Gasteiger partial charge in [-0.15, -0.1) is 0 Å². The second kappa shape index (κ2) is 6.14. The average molecular weight is 252 g/mol. The van der Waals surface area contributed by atoms with Crippen LogP contribution in [0.2, 0.25) is 0 Å². The quantitative estimate of drug-likeness (QED) is 0.784. The van der Waals surface area contributed by atoms with E-state index in [1.165, 1.54) is 12.1 Å². The number of benzene rings is 1. The smallest absolute Gasteiger partial charge is 0.239 e. The molecule has 0 heterocycles. The molecule has 18 heavy (non-hydrogen) atoms. The highest BCUT2D eigenvalue weighted by Crippen LogP contribution is 2.22. The summed E-state index contributed by atoms with van der Waals surface area (Å²) in [5.74, 6) is -1.04. The molecule has 0 saturated heterocycles. The van der Waals surface area contributed by atoms with Gasteiger partial charge in [0.25, 0.3) is 0 Å². The molecule has 1 rings (SSSR count). The van der Waals surface area contributed by atoms with E-state index in [2.05, 4.69) is 0 Å². The van der Waals surface area contributed by atoms with Crippen molar-refractivity contribution in [1.82, 2.24) is 0 Å². The molecule has 0 aliphatic carbocycles. The molecule has 1 aromatic carbocycles. The van der Waals surface area contributed by atoms with Crippen molar-refractivity contribution in [2.75, 3.05) is 11.4 Å². The molecule has 0 aromatic heterocycles. The summed E-state index contributed by atoms with van der Waals surface area (Å²) in [6.07, 6.45) is 1.33. The molecule has 1 atom stereocenters. The lowest BCUT2D eigenvalue weighted by Crippen LogP contribution is -2.43. The van der Waals surface area contributed by atoms with Crippen LogP contribution < -0.4 is 10.6 Å².